The molecule has 0 saturated heterocycles. The SMILES string of the molecule is CC(=O)OCC12C[C@H]3C(=O)[C@]1(C)C1C3[C@@]3(O)C(C)[C@@H](OC(C)=O)[C@]4(OC(C)=O)C([C@H]3[C@@H]12)C4(C)C. The summed E-state index contributed by atoms with van der Waals surface area (Å²) in [6.07, 6.45) is -0.213. The maximum absolute atomic E-state index is 13.6. The fourth-order valence-electron chi connectivity index (χ4n) is 10.9. The van der Waals surface area contributed by atoms with E-state index in [0.717, 1.165) is 0 Å². The molecule has 2 bridgehead atoms. The van der Waals surface area contributed by atoms with Gasteiger partial charge in [0, 0.05) is 60.7 Å². The summed E-state index contributed by atoms with van der Waals surface area (Å²) in [4.78, 5) is 49.9. The average Bonchev–Trinajstić information content (AvgIpc) is 2.91. The molecule has 12 atom stereocenters. The Labute approximate surface area is 199 Å². The van der Waals surface area contributed by atoms with Gasteiger partial charge in [-0.05, 0) is 24.2 Å². The van der Waals surface area contributed by atoms with E-state index in [9.17, 15) is 24.3 Å². The van der Waals surface area contributed by atoms with E-state index in [2.05, 4.69) is 0 Å². The molecule has 0 amide bonds. The third kappa shape index (κ3) is 1.88. The van der Waals surface area contributed by atoms with Crippen molar-refractivity contribution in [2.75, 3.05) is 6.61 Å². The Hall–Kier alpha value is -1.96. The summed E-state index contributed by atoms with van der Waals surface area (Å²) in [5.74, 6) is -2.76. The molecule has 6 fully saturated rings. The largest absolute Gasteiger partial charge is 0.465 e. The van der Waals surface area contributed by atoms with Gasteiger partial charge in [-0.3, -0.25) is 19.2 Å². The van der Waals surface area contributed by atoms with E-state index in [4.69, 9.17) is 14.2 Å². The van der Waals surface area contributed by atoms with Crippen LogP contribution in [0.4, 0.5) is 0 Å². The van der Waals surface area contributed by atoms with Gasteiger partial charge in [0.1, 0.15) is 11.9 Å². The Bertz CT molecular complexity index is 1070. The van der Waals surface area contributed by atoms with Crippen LogP contribution in [0.25, 0.3) is 0 Å². The lowest BCUT2D eigenvalue weighted by Gasteiger charge is -2.65. The van der Waals surface area contributed by atoms with E-state index < -0.39 is 51.4 Å². The highest BCUT2D eigenvalue weighted by Crippen LogP contribution is 2.92. The maximum atomic E-state index is 13.6. The van der Waals surface area contributed by atoms with Crippen molar-refractivity contribution in [2.45, 2.75) is 72.2 Å². The molecule has 0 heterocycles. The van der Waals surface area contributed by atoms with Gasteiger partial charge < -0.3 is 19.3 Å². The first kappa shape index (κ1) is 22.5. The second kappa shape index (κ2) is 5.88. The normalized spacial score (nSPS) is 56.2. The minimum Gasteiger partial charge on any atom is -0.465 e. The van der Waals surface area contributed by atoms with Gasteiger partial charge in [0.05, 0.1) is 12.2 Å². The molecule has 0 aliphatic heterocycles. The minimum atomic E-state index is -1.25. The molecule has 0 spiro atoms. The first-order valence-electron chi connectivity index (χ1n) is 12.4. The van der Waals surface area contributed by atoms with Crippen molar-refractivity contribution in [3.63, 3.8) is 0 Å². The summed E-state index contributed by atoms with van der Waals surface area (Å²) < 4.78 is 17.4. The number of Topliss-reactive ketones (excluding diaryl/α,β-unsaturated/α-hetero) is 1. The van der Waals surface area contributed by atoms with Crippen LogP contribution in [0.3, 0.4) is 0 Å². The van der Waals surface area contributed by atoms with Crippen molar-refractivity contribution < 1.29 is 38.5 Å². The molecule has 0 aromatic heterocycles. The van der Waals surface area contributed by atoms with Crippen molar-refractivity contribution in [1.82, 2.24) is 0 Å². The van der Waals surface area contributed by atoms with E-state index >= 15 is 0 Å². The lowest BCUT2D eigenvalue weighted by molar-refractivity contribution is -0.229. The summed E-state index contributed by atoms with van der Waals surface area (Å²) in [5, 5.41) is 12.6. The van der Waals surface area contributed by atoms with Crippen molar-refractivity contribution in [3.05, 3.63) is 0 Å². The highest BCUT2D eigenvalue weighted by atomic mass is 16.6. The highest BCUT2D eigenvalue weighted by Gasteiger charge is 2.99. The molecule has 8 nitrogen and oxygen atoms in total. The summed E-state index contributed by atoms with van der Waals surface area (Å²) in [7, 11) is 0. The lowest BCUT2D eigenvalue weighted by atomic mass is 9.38. The number of aliphatic hydroxyl groups is 1. The summed E-state index contributed by atoms with van der Waals surface area (Å²) in [6.45, 7) is 12.1. The molecule has 1 N–H and O–H groups in total. The van der Waals surface area contributed by atoms with Crippen molar-refractivity contribution >= 4 is 23.7 Å². The summed E-state index contributed by atoms with van der Waals surface area (Å²) in [5.41, 5.74) is -3.99. The van der Waals surface area contributed by atoms with Gasteiger partial charge in [-0.25, -0.2) is 0 Å². The number of hydrogen-bond acceptors (Lipinski definition) is 8. The van der Waals surface area contributed by atoms with Crippen LogP contribution in [-0.4, -0.2) is 52.7 Å². The molecule has 0 aromatic carbocycles. The molecule has 0 radical (unpaired) electrons. The number of ether oxygens (including phenoxy) is 3. The molecule has 0 aromatic rings. The average molecular weight is 475 g/mol. The van der Waals surface area contributed by atoms with Crippen molar-refractivity contribution in [2.24, 2.45) is 57.7 Å². The first-order chi connectivity index (χ1) is 15.7. The number of esters is 3. The van der Waals surface area contributed by atoms with Crippen LogP contribution in [0.15, 0.2) is 0 Å². The number of ketones is 1. The highest BCUT2D eigenvalue weighted by molar-refractivity contribution is 5.96. The smallest absolute Gasteiger partial charge is 0.303 e. The first-order valence-corrected chi connectivity index (χ1v) is 12.4. The molecule has 6 saturated carbocycles. The van der Waals surface area contributed by atoms with Crippen LogP contribution in [0, 0.1) is 57.7 Å². The Morgan fingerprint density at radius 3 is 2.15 bits per heavy atom. The van der Waals surface area contributed by atoms with E-state index in [-0.39, 0.29) is 53.9 Å². The molecular weight excluding hydrogens is 440 g/mol. The molecule has 34 heavy (non-hydrogen) atoms. The van der Waals surface area contributed by atoms with Gasteiger partial charge in [-0.2, -0.15) is 0 Å². The fourth-order valence-corrected chi connectivity index (χ4v) is 10.9. The second-order valence-corrected chi connectivity index (χ2v) is 12.7. The Balaban J connectivity index is 1.53. The maximum Gasteiger partial charge on any atom is 0.303 e. The van der Waals surface area contributed by atoms with Gasteiger partial charge in [0.2, 0.25) is 0 Å². The molecular formula is C26H34O8. The fraction of sp³-hybridized carbons (Fsp3) is 0.846. The molecule has 6 rings (SSSR count). The van der Waals surface area contributed by atoms with Crippen LogP contribution in [0.5, 0.6) is 0 Å². The number of rotatable bonds is 4. The Morgan fingerprint density at radius 1 is 0.971 bits per heavy atom. The monoisotopic (exact) mass is 474 g/mol. The Kier molecular flexibility index (Phi) is 3.89. The van der Waals surface area contributed by atoms with Crippen molar-refractivity contribution in [1.29, 1.82) is 0 Å². The number of fused-ring (bicyclic) bond motifs is 8. The standard InChI is InChI=1S/C26H34O8/c1-10-21(33-12(3)28)26(34-13(4)29)19(22(26,5)6)18-17-16-15(25(10,18)31)14-8-24(17,9-32-11(2)27)23(16,7)20(14)30/h10,14-19,21,31H,8-9H2,1-7H3/t10?,14-,15?,16?,17-,18-,19?,21-,23+,24?,25+,26-/m1/s1. The third-order valence-corrected chi connectivity index (χ3v) is 11.7. The van der Waals surface area contributed by atoms with Crippen LogP contribution >= 0.6 is 0 Å². The predicted molar refractivity (Wildman–Crippen MR) is 116 cm³/mol. The van der Waals surface area contributed by atoms with Crippen LogP contribution in [-0.2, 0) is 33.4 Å². The van der Waals surface area contributed by atoms with Gasteiger partial charge >= 0.3 is 17.9 Å². The molecule has 8 heteroatoms. The van der Waals surface area contributed by atoms with Gasteiger partial charge in [0.25, 0.3) is 0 Å². The number of carbonyl (C=O) groups is 4. The quantitative estimate of drug-likeness (QED) is 0.485. The zero-order valence-corrected chi connectivity index (χ0v) is 20.8. The van der Waals surface area contributed by atoms with Crippen LogP contribution in [0.1, 0.15) is 54.9 Å². The van der Waals surface area contributed by atoms with Crippen molar-refractivity contribution in [3.8, 4) is 0 Å². The molecule has 6 aliphatic rings. The Morgan fingerprint density at radius 2 is 1.62 bits per heavy atom. The predicted octanol–water partition coefficient (Wildman–Crippen LogP) is 1.91. The zero-order valence-electron chi connectivity index (χ0n) is 20.8. The van der Waals surface area contributed by atoms with Crippen LogP contribution < -0.4 is 0 Å². The zero-order chi connectivity index (χ0) is 25.0. The van der Waals surface area contributed by atoms with Crippen LogP contribution in [0.2, 0.25) is 0 Å². The van der Waals surface area contributed by atoms with E-state index in [1.54, 1.807) is 0 Å². The number of carbonyl (C=O) groups excluding carboxylic acids is 4. The third-order valence-electron chi connectivity index (χ3n) is 11.7. The summed E-state index contributed by atoms with van der Waals surface area (Å²) in [6, 6.07) is 0. The van der Waals surface area contributed by atoms with Gasteiger partial charge in [-0.15, -0.1) is 0 Å². The second-order valence-electron chi connectivity index (χ2n) is 12.7. The summed E-state index contributed by atoms with van der Waals surface area (Å²) >= 11 is 0. The minimum absolute atomic E-state index is 0.0192. The van der Waals surface area contributed by atoms with Gasteiger partial charge in [-0.1, -0.05) is 27.7 Å². The molecule has 5 unspecified atom stereocenters. The number of hydrogen-bond donors (Lipinski definition) is 1. The van der Waals surface area contributed by atoms with Gasteiger partial charge in [0.15, 0.2) is 5.60 Å². The molecule has 6 aliphatic carbocycles. The lowest BCUT2D eigenvalue weighted by Crippen LogP contribution is -2.67. The van der Waals surface area contributed by atoms with E-state index in [0.29, 0.717) is 6.42 Å². The van der Waals surface area contributed by atoms with E-state index in [1.165, 1.54) is 20.8 Å². The molecule has 186 valence electrons. The van der Waals surface area contributed by atoms with E-state index in [1.807, 2.05) is 27.7 Å². The topological polar surface area (TPSA) is 116 Å².